The molecule has 0 aliphatic carbocycles. The van der Waals surface area contributed by atoms with Gasteiger partial charge in [-0.15, -0.1) is 0 Å². The Hall–Kier alpha value is -1.60. The third kappa shape index (κ3) is 2.94. The lowest BCUT2D eigenvalue weighted by Gasteiger charge is -2.23. The number of hydrogen-bond donors (Lipinski definition) is 1. The van der Waals surface area contributed by atoms with E-state index >= 15 is 0 Å². The van der Waals surface area contributed by atoms with Crippen molar-refractivity contribution in [2.45, 2.75) is 40.2 Å². The van der Waals surface area contributed by atoms with E-state index in [1.807, 2.05) is 7.05 Å². The molecule has 0 fully saturated rings. The van der Waals surface area contributed by atoms with Crippen LogP contribution >= 0.6 is 0 Å². The van der Waals surface area contributed by atoms with Gasteiger partial charge in [0.05, 0.1) is 6.04 Å². The fourth-order valence-corrected chi connectivity index (χ4v) is 3.12. The fraction of sp³-hybridized carbons (Fsp3) is 0.368. The molecular weight excluding hydrogens is 242 g/mol. The number of aryl methyl sites for hydroxylation is 4. The highest BCUT2D eigenvalue weighted by molar-refractivity contribution is 5.44. The molecule has 0 heterocycles. The molecule has 1 heteroatoms. The largest absolute Gasteiger partial charge is 0.309 e. The molecule has 0 spiro atoms. The summed E-state index contributed by atoms with van der Waals surface area (Å²) < 4.78 is 0. The summed E-state index contributed by atoms with van der Waals surface area (Å²) in [4.78, 5) is 0. The van der Waals surface area contributed by atoms with Crippen molar-refractivity contribution in [1.82, 2.24) is 5.32 Å². The molecule has 1 nitrogen and oxygen atoms in total. The van der Waals surface area contributed by atoms with Crippen LogP contribution in [-0.2, 0) is 6.42 Å². The van der Waals surface area contributed by atoms with Crippen molar-refractivity contribution in [2.75, 3.05) is 7.05 Å². The molecular formula is C19H25N. The molecule has 1 unspecified atom stereocenters. The zero-order valence-corrected chi connectivity index (χ0v) is 13.2. The van der Waals surface area contributed by atoms with Gasteiger partial charge in [-0.25, -0.2) is 0 Å². The van der Waals surface area contributed by atoms with Crippen LogP contribution in [0.1, 0.15) is 46.3 Å². The van der Waals surface area contributed by atoms with E-state index in [4.69, 9.17) is 0 Å². The van der Waals surface area contributed by atoms with Crippen LogP contribution in [0.4, 0.5) is 0 Å². The maximum atomic E-state index is 3.49. The fourth-order valence-electron chi connectivity index (χ4n) is 3.12. The van der Waals surface area contributed by atoms with Crippen molar-refractivity contribution >= 4 is 0 Å². The molecule has 1 atom stereocenters. The van der Waals surface area contributed by atoms with Crippen molar-refractivity contribution in [3.05, 3.63) is 69.8 Å². The topological polar surface area (TPSA) is 12.0 Å². The second kappa shape index (κ2) is 6.23. The van der Waals surface area contributed by atoms with Crippen LogP contribution < -0.4 is 5.32 Å². The Kier molecular flexibility index (Phi) is 4.61. The summed E-state index contributed by atoms with van der Waals surface area (Å²) in [5.74, 6) is 0. The predicted molar refractivity (Wildman–Crippen MR) is 87.4 cm³/mol. The maximum absolute atomic E-state index is 3.49. The molecule has 0 amide bonds. The van der Waals surface area contributed by atoms with E-state index in [0.29, 0.717) is 0 Å². The maximum Gasteiger partial charge on any atom is 0.0579 e. The van der Waals surface area contributed by atoms with Gasteiger partial charge in [0.1, 0.15) is 0 Å². The van der Waals surface area contributed by atoms with E-state index in [-0.39, 0.29) is 6.04 Å². The first-order valence-corrected chi connectivity index (χ1v) is 7.40. The van der Waals surface area contributed by atoms with Crippen molar-refractivity contribution in [3.8, 4) is 0 Å². The second-order valence-corrected chi connectivity index (χ2v) is 5.63. The molecule has 0 saturated carbocycles. The van der Waals surface area contributed by atoms with Crippen LogP contribution in [0.3, 0.4) is 0 Å². The van der Waals surface area contributed by atoms with Gasteiger partial charge in [-0.2, -0.15) is 0 Å². The molecule has 0 aliphatic rings. The summed E-state index contributed by atoms with van der Waals surface area (Å²) in [6.45, 7) is 8.79. The van der Waals surface area contributed by atoms with Crippen LogP contribution in [0.15, 0.2) is 36.4 Å². The molecule has 20 heavy (non-hydrogen) atoms. The first-order chi connectivity index (χ1) is 9.56. The Morgan fingerprint density at radius 2 is 1.65 bits per heavy atom. The summed E-state index contributed by atoms with van der Waals surface area (Å²) >= 11 is 0. The number of hydrogen-bond acceptors (Lipinski definition) is 1. The number of rotatable bonds is 4. The summed E-state index contributed by atoms with van der Waals surface area (Å²) in [5.41, 5.74) is 8.21. The van der Waals surface area contributed by atoms with Crippen molar-refractivity contribution < 1.29 is 0 Å². The minimum absolute atomic E-state index is 0.266. The third-order valence-corrected chi connectivity index (χ3v) is 4.01. The Morgan fingerprint density at radius 3 is 2.20 bits per heavy atom. The van der Waals surface area contributed by atoms with Crippen molar-refractivity contribution in [2.24, 2.45) is 0 Å². The van der Waals surface area contributed by atoms with Crippen LogP contribution in [0, 0.1) is 20.8 Å². The van der Waals surface area contributed by atoms with E-state index in [2.05, 4.69) is 69.4 Å². The van der Waals surface area contributed by atoms with Gasteiger partial charge in [0.15, 0.2) is 0 Å². The summed E-state index contributed by atoms with van der Waals surface area (Å²) in [6.07, 6.45) is 1.08. The molecule has 0 radical (unpaired) electrons. The smallest absolute Gasteiger partial charge is 0.0579 e. The average molecular weight is 267 g/mol. The minimum atomic E-state index is 0.266. The van der Waals surface area contributed by atoms with Crippen LogP contribution in [0.5, 0.6) is 0 Å². The van der Waals surface area contributed by atoms with E-state index in [1.54, 1.807) is 0 Å². The van der Waals surface area contributed by atoms with Gasteiger partial charge in [0.25, 0.3) is 0 Å². The Morgan fingerprint density at radius 1 is 1.00 bits per heavy atom. The lowest BCUT2D eigenvalue weighted by atomic mass is 9.89. The lowest BCUT2D eigenvalue weighted by molar-refractivity contribution is 0.682. The zero-order chi connectivity index (χ0) is 14.7. The van der Waals surface area contributed by atoms with Crippen LogP contribution in [0.2, 0.25) is 0 Å². The van der Waals surface area contributed by atoms with Gasteiger partial charge < -0.3 is 5.32 Å². The number of benzene rings is 2. The molecule has 2 rings (SSSR count). The van der Waals surface area contributed by atoms with E-state index in [0.717, 1.165) is 6.42 Å². The van der Waals surface area contributed by atoms with E-state index < -0.39 is 0 Å². The molecule has 0 aromatic heterocycles. The average Bonchev–Trinajstić information content (AvgIpc) is 2.42. The number of nitrogens with one attached hydrogen (secondary N) is 1. The second-order valence-electron chi connectivity index (χ2n) is 5.63. The van der Waals surface area contributed by atoms with Gasteiger partial charge in [0.2, 0.25) is 0 Å². The van der Waals surface area contributed by atoms with Gasteiger partial charge >= 0.3 is 0 Å². The van der Waals surface area contributed by atoms with Gasteiger partial charge in [-0.1, -0.05) is 48.9 Å². The van der Waals surface area contributed by atoms with Gasteiger partial charge in [0, 0.05) is 0 Å². The molecule has 1 N–H and O–H groups in total. The zero-order valence-electron chi connectivity index (χ0n) is 13.2. The van der Waals surface area contributed by atoms with Crippen LogP contribution in [0.25, 0.3) is 0 Å². The molecule has 2 aromatic rings. The minimum Gasteiger partial charge on any atom is -0.309 e. The molecule has 0 bridgehead atoms. The summed E-state index contributed by atoms with van der Waals surface area (Å²) in [5, 5.41) is 3.49. The first kappa shape index (κ1) is 14.8. The quantitative estimate of drug-likeness (QED) is 0.861. The SMILES string of the molecule is CCc1cccc(C(NC)c2c(C)cc(C)cc2C)c1. The van der Waals surface area contributed by atoms with Crippen molar-refractivity contribution in [1.29, 1.82) is 0 Å². The lowest BCUT2D eigenvalue weighted by Crippen LogP contribution is -2.20. The monoisotopic (exact) mass is 267 g/mol. The highest BCUT2D eigenvalue weighted by Gasteiger charge is 2.17. The van der Waals surface area contributed by atoms with E-state index in [9.17, 15) is 0 Å². The Labute approximate surface area is 123 Å². The van der Waals surface area contributed by atoms with E-state index in [1.165, 1.54) is 33.4 Å². The predicted octanol–water partition coefficient (Wildman–Crippen LogP) is 4.48. The Bertz CT molecular complexity index is 575. The van der Waals surface area contributed by atoms with Crippen LogP contribution in [-0.4, -0.2) is 7.05 Å². The summed E-state index contributed by atoms with van der Waals surface area (Å²) in [6, 6.07) is 13.7. The molecule has 2 aromatic carbocycles. The molecule has 0 aliphatic heterocycles. The highest BCUT2D eigenvalue weighted by atomic mass is 14.9. The van der Waals surface area contributed by atoms with Gasteiger partial charge in [-0.3, -0.25) is 0 Å². The Balaban J connectivity index is 2.52. The first-order valence-electron chi connectivity index (χ1n) is 7.40. The normalized spacial score (nSPS) is 12.4. The molecule has 0 saturated heterocycles. The third-order valence-electron chi connectivity index (χ3n) is 4.01. The summed E-state index contributed by atoms with van der Waals surface area (Å²) in [7, 11) is 2.04. The van der Waals surface area contributed by atoms with Gasteiger partial charge in [-0.05, 0) is 62.1 Å². The standard InChI is InChI=1S/C19H25N/c1-6-16-8-7-9-17(12-16)19(20-5)18-14(3)10-13(2)11-15(18)4/h7-12,19-20H,6H2,1-5H3. The highest BCUT2D eigenvalue weighted by Crippen LogP contribution is 2.29. The van der Waals surface area contributed by atoms with Crippen molar-refractivity contribution in [3.63, 3.8) is 0 Å². The molecule has 106 valence electrons.